The standard InChI is InChI=1S/C9H12N2/c1-9(4-5-10)8-11-6-2-3-7-11/h2-3,6-7,9H,4,8H2,1H3/t9-/m0/s1. The van der Waals surface area contributed by atoms with Crippen molar-refractivity contribution in [1.29, 1.82) is 5.26 Å². The van der Waals surface area contributed by atoms with Gasteiger partial charge in [0, 0.05) is 25.4 Å². The average Bonchev–Trinajstić information content (AvgIpc) is 2.40. The molecule has 0 aliphatic heterocycles. The summed E-state index contributed by atoms with van der Waals surface area (Å²) in [7, 11) is 0. The molecule has 2 nitrogen and oxygen atoms in total. The lowest BCUT2D eigenvalue weighted by atomic mass is 10.1. The minimum Gasteiger partial charge on any atom is -0.354 e. The fraction of sp³-hybridized carbons (Fsp3) is 0.444. The van der Waals surface area contributed by atoms with Crippen molar-refractivity contribution in [2.45, 2.75) is 19.9 Å². The van der Waals surface area contributed by atoms with Crippen LogP contribution in [0.3, 0.4) is 0 Å². The first-order valence-electron chi connectivity index (χ1n) is 3.80. The van der Waals surface area contributed by atoms with Gasteiger partial charge in [-0.25, -0.2) is 0 Å². The van der Waals surface area contributed by atoms with Crippen LogP contribution in [0.15, 0.2) is 24.5 Å². The van der Waals surface area contributed by atoms with E-state index in [1.165, 1.54) is 0 Å². The van der Waals surface area contributed by atoms with E-state index >= 15 is 0 Å². The van der Waals surface area contributed by atoms with Crippen LogP contribution >= 0.6 is 0 Å². The van der Waals surface area contributed by atoms with Crippen LogP contribution in [-0.4, -0.2) is 4.57 Å². The van der Waals surface area contributed by atoms with E-state index in [9.17, 15) is 0 Å². The van der Waals surface area contributed by atoms with Gasteiger partial charge >= 0.3 is 0 Å². The van der Waals surface area contributed by atoms with E-state index in [-0.39, 0.29) is 0 Å². The Kier molecular flexibility index (Phi) is 2.74. The molecule has 0 N–H and O–H groups in total. The molecule has 1 heterocycles. The molecule has 58 valence electrons. The molecule has 0 aliphatic rings. The summed E-state index contributed by atoms with van der Waals surface area (Å²) in [6.45, 7) is 3.03. The first-order chi connectivity index (χ1) is 5.33. The second-order valence-electron chi connectivity index (χ2n) is 2.85. The fourth-order valence-corrected chi connectivity index (χ4v) is 1.07. The number of hydrogen-bond acceptors (Lipinski definition) is 1. The zero-order chi connectivity index (χ0) is 8.10. The molecule has 11 heavy (non-hydrogen) atoms. The molecule has 0 amide bonds. The molecule has 0 spiro atoms. The molecule has 0 aromatic carbocycles. The summed E-state index contributed by atoms with van der Waals surface area (Å²) in [5.74, 6) is 0.451. The summed E-state index contributed by atoms with van der Waals surface area (Å²) >= 11 is 0. The van der Waals surface area contributed by atoms with Crippen molar-refractivity contribution in [3.8, 4) is 6.07 Å². The third-order valence-electron chi connectivity index (χ3n) is 1.63. The van der Waals surface area contributed by atoms with Gasteiger partial charge in [-0.3, -0.25) is 0 Å². The summed E-state index contributed by atoms with van der Waals surface area (Å²) < 4.78 is 2.10. The summed E-state index contributed by atoms with van der Waals surface area (Å²) in [5.41, 5.74) is 0. The predicted molar refractivity (Wildman–Crippen MR) is 43.8 cm³/mol. The van der Waals surface area contributed by atoms with Crippen molar-refractivity contribution in [3.63, 3.8) is 0 Å². The molecule has 1 rings (SSSR count). The van der Waals surface area contributed by atoms with Crippen LogP contribution in [0.2, 0.25) is 0 Å². The van der Waals surface area contributed by atoms with Crippen molar-refractivity contribution in [1.82, 2.24) is 4.57 Å². The highest BCUT2D eigenvalue weighted by Gasteiger charge is 2.00. The number of nitrogens with zero attached hydrogens (tertiary/aromatic N) is 2. The highest BCUT2D eigenvalue weighted by atomic mass is 14.9. The van der Waals surface area contributed by atoms with Gasteiger partial charge in [-0.05, 0) is 18.1 Å². The van der Waals surface area contributed by atoms with Gasteiger partial charge in [-0.2, -0.15) is 5.26 Å². The van der Waals surface area contributed by atoms with Gasteiger partial charge in [0.05, 0.1) is 6.07 Å². The Hall–Kier alpha value is -1.23. The highest BCUT2D eigenvalue weighted by Crippen LogP contribution is 2.04. The monoisotopic (exact) mass is 148 g/mol. The van der Waals surface area contributed by atoms with Crippen LogP contribution < -0.4 is 0 Å². The second kappa shape index (κ2) is 3.82. The van der Waals surface area contributed by atoms with Crippen LogP contribution in [0.25, 0.3) is 0 Å². The molecule has 0 saturated heterocycles. The maximum atomic E-state index is 8.41. The molecule has 0 saturated carbocycles. The number of hydrogen-bond donors (Lipinski definition) is 0. The molecule has 1 atom stereocenters. The Labute approximate surface area is 67.1 Å². The maximum Gasteiger partial charge on any atom is 0.0625 e. The van der Waals surface area contributed by atoms with E-state index in [2.05, 4.69) is 17.6 Å². The largest absolute Gasteiger partial charge is 0.354 e. The van der Waals surface area contributed by atoms with Crippen LogP contribution in [0.5, 0.6) is 0 Å². The molecule has 0 unspecified atom stereocenters. The van der Waals surface area contributed by atoms with Crippen molar-refractivity contribution >= 4 is 0 Å². The van der Waals surface area contributed by atoms with Crippen molar-refractivity contribution < 1.29 is 0 Å². The van der Waals surface area contributed by atoms with Crippen LogP contribution in [0, 0.1) is 17.2 Å². The van der Waals surface area contributed by atoms with Crippen LogP contribution in [-0.2, 0) is 6.54 Å². The summed E-state index contributed by atoms with van der Waals surface area (Å²) in [4.78, 5) is 0. The van der Waals surface area contributed by atoms with Crippen LogP contribution in [0.1, 0.15) is 13.3 Å². The third kappa shape index (κ3) is 2.46. The third-order valence-corrected chi connectivity index (χ3v) is 1.63. The molecular weight excluding hydrogens is 136 g/mol. The summed E-state index contributed by atoms with van der Waals surface area (Å²) in [6.07, 6.45) is 4.68. The molecule has 0 fully saturated rings. The number of rotatable bonds is 3. The van der Waals surface area contributed by atoms with Gasteiger partial charge in [0.15, 0.2) is 0 Å². The Morgan fingerprint density at radius 1 is 1.45 bits per heavy atom. The van der Waals surface area contributed by atoms with Gasteiger partial charge < -0.3 is 4.57 Å². The van der Waals surface area contributed by atoms with E-state index < -0.39 is 0 Å². The summed E-state index contributed by atoms with van der Waals surface area (Å²) in [6, 6.07) is 6.16. The fourth-order valence-electron chi connectivity index (χ4n) is 1.07. The van der Waals surface area contributed by atoms with Crippen LogP contribution in [0.4, 0.5) is 0 Å². The predicted octanol–water partition coefficient (Wildman–Crippen LogP) is 2.04. The molecule has 1 aromatic rings. The summed E-state index contributed by atoms with van der Waals surface area (Å²) in [5, 5.41) is 8.41. The van der Waals surface area contributed by atoms with Gasteiger partial charge in [0.2, 0.25) is 0 Å². The first-order valence-corrected chi connectivity index (χ1v) is 3.80. The second-order valence-corrected chi connectivity index (χ2v) is 2.85. The minimum atomic E-state index is 0.451. The Morgan fingerprint density at radius 2 is 2.09 bits per heavy atom. The zero-order valence-corrected chi connectivity index (χ0v) is 6.70. The lowest BCUT2D eigenvalue weighted by molar-refractivity contribution is 0.493. The lowest BCUT2D eigenvalue weighted by Crippen LogP contribution is -2.04. The number of aromatic nitrogens is 1. The van der Waals surface area contributed by atoms with Crippen molar-refractivity contribution in [2.24, 2.45) is 5.92 Å². The van der Waals surface area contributed by atoms with E-state index in [0.717, 1.165) is 6.54 Å². The molecule has 1 aromatic heterocycles. The first kappa shape index (κ1) is 7.87. The van der Waals surface area contributed by atoms with Gasteiger partial charge in [0.1, 0.15) is 0 Å². The van der Waals surface area contributed by atoms with E-state index in [0.29, 0.717) is 12.3 Å². The van der Waals surface area contributed by atoms with E-state index in [1.54, 1.807) is 0 Å². The normalized spacial score (nSPS) is 12.4. The van der Waals surface area contributed by atoms with E-state index in [4.69, 9.17) is 5.26 Å². The molecule has 0 aliphatic carbocycles. The molecule has 0 radical (unpaired) electrons. The lowest BCUT2D eigenvalue weighted by Gasteiger charge is -2.07. The zero-order valence-electron chi connectivity index (χ0n) is 6.70. The van der Waals surface area contributed by atoms with Crippen molar-refractivity contribution in [3.05, 3.63) is 24.5 Å². The van der Waals surface area contributed by atoms with E-state index in [1.807, 2.05) is 24.5 Å². The minimum absolute atomic E-state index is 0.451. The van der Waals surface area contributed by atoms with Gasteiger partial charge in [-0.15, -0.1) is 0 Å². The Balaban J connectivity index is 2.38. The quantitative estimate of drug-likeness (QED) is 0.644. The molecule has 2 heteroatoms. The Bertz CT molecular complexity index is 231. The Morgan fingerprint density at radius 3 is 2.64 bits per heavy atom. The maximum absolute atomic E-state index is 8.41. The number of nitriles is 1. The van der Waals surface area contributed by atoms with Gasteiger partial charge in [-0.1, -0.05) is 6.92 Å². The molecule has 0 bridgehead atoms. The highest BCUT2D eigenvalue weighted by molar-refractivity contribution is 4.90. The topological polar surface area (TPSA) is 28.7 Å². The van der Waals surface area contributed by atoms with Gasteiger partial charge in [0.25, 0.3) is 0 Å². The smallest absolute Gasteiger partial charge is 0.0625 e. The SMILES string of the molecule is C[C@@H](CC#N)Cn1cccc1. The molecular formula is C9H12N2. The van der Waals surface area contributed by atoms with Crippen molar-refractivity contribution in [2.75, 3.05) is 0 Å². The average molecular weight is 148 g/mol.